The van der Waals surface area contributed by atoms with Crippen molar-refractivity contribution in [2.24, 2.45) is 0 Å². The first-order chi connectivity index (χ1) is 8.22. The minimum atomic E-state index is 0.736. The summed E-state index contributed by atoms with van der Waals surface area (Å²) in [6.45, 7) is 8.37. The minimum absolute atomic E-state index is 0.736. The highest BCUT2D eigenvalue weighted by atomic mass is 79.9. The lowest BCUT2D eigenvalue weighted by Crippen LogP contribution is -1.99. The lowest BCUT2D eigenvalue weighted by atomic mass is 10.3. The molecule has 0 aliphatic heterocycles. The zero-order chi connectivity index (χ0) is 12.3. The quantitative estimate of drug-likeness (QED) is 0.608. The Balaban J connectivity index is 2.48. The van der Waals surface area contributed by atoms with Gasteiger partial charge in [0.2, 0.25) is 0 Å². The van der Waals surface area contributed by atoms with E-state index in [1.165, 1.54) is 0 Å². The summed E-state index contributed by atoms with van der Waals surface area (Å²) in [6, 6.07) is 8.14. The maximum Gasteiger partial charge on any atom is 0.169 e. The summed E-state index contributed by atoms with van der Waals surface area (Å²) in [5, 5.41) is 1.01. The number of hydrogen-bond donors (Lipinski definition) is 0. The molecule has 0 amide bonds. The Hall–Kier alpha value is -1.00. The number of aromatic nitrogens is 2. The molecule has 0 aliphatic rings. The molecule has 1 heterocycles. The topological polar surface area (TPSA) is 17.8 Å². The lowest BCUT2D eigenvalue weighted by molar-refractivity contribution is 0.744. The number of benzene rings is 1. The average molecular weight is 309 g/mol. The molecule has 17 heavy (non-hydrogen) atoms. The molecule has 2 rings (SSSR count). The molecule has 0 aliphatic carbocycles. The molecule has 0 atom stereocenters. The first-order valence-electron chi connectivity index (χ1n) is 5.24. The van der Waals surface area contributed by atoms with Gasteiger partial charge in [-0.15, -0.1) is 6.58 Å². The molecule has 0 fully saturated rings. The van der Waals surface area contributed by atoms with Crippen LogP contribution in [0.15, 0.2) is 53.1 Å². The summed E-state index contributed by atoms with van der Waals surface area (Å²) in [5.74, 6) is 0.859. The average Bonchev–Trinajstić information content (AvgIpc) is 2.64. The molecule has 88 valence electrons. The van der Waals surface area contributed by atoms with E-state index in [1.54, 1.807) is 11.8 Å². The predicted molar refractivity (Wildman–Crippen MR) is 78.7 cm³/mol. The van der Waals surface area contributed by atoms with Crippen molar-refractivity contribution in [3.63, 3.8) is 0 Å². The van der Waals surface area contributed by atoms with E-state index in [4.69, 9.17) is 0 Å². The van der Waals surface area contributed by atoms with Crippen molar-refractivity contribution in [2.45, 2.75) is 11.7 Å². The predicted octanol–water partition coefficient (Wildman–Crippen LogP) is 4.22. The van der Waals surface area contributed by atoms with Gasteiger partial charge in [-0.1, -0.05) is 52.5 Å². The number of halogens is 1. The van der Waals surface area contributed by atoms with Crippen molar-refractivity contribution in [1.29, 1.82) is 0 Å². The van der Waals surface area contributed by atoms with Gasteiger partial charge in [0.25, 0.3) is 0 Å². The van der Waals surface area contributed by atoms with E-state index >= 15 is 0 Å². The van der Waals surface area contributed by atoms with Gasteiger partial charge in [-0.25, -0.2) is 4.98 Å². The minimum Gasteiger partial charge on any atom is -0.314 e. The van der Waals surface area contributed by atoms with Crippen molar-refractivity contribution in [2.75, 3.05) is 5.75 Å². The Morgan fingerprint density at radius 1 is 1.47 bits per heavy atom. The molecule has 0 N–H and O–H groups in total. The number of rotatable bonds is 5. The second-order valence-corrected chi connectivity index (χ2v) is 5.69. The number of para-hydroxylation sites is 2. The van der Waals surface area contributed by atoms with E-state index in [-0.39, 0.29) is 0 Å². The maximum absolute atomic E-state index is 4.62. The second kappa shape index (κ2) is 5.56. The van der Waals surface area contributed by atoms with Crippen LogP contribution in [0.3, 0.4) is 0 Å². The molecular weight excluding hydrogens is 296 g/mol. The fourth-order valence-corrected chi connectivity index (χ4v) is 2.62. The highest BCUT2D eigenvalue weighted by Crippen LogP contribution is 2.25. The van der Waals surface area contributed by atoms with E-state index in [1.807, 2.05) is 24.3 Å². The molecular formula is C13H13BrN2S. The van der Waals surface area contributed by atoms with Gasteiger partial charge in [-0.3, -0.25) is 0 Å². The lowest BCUT2D eigenvalue weighted by Gasteiger charge is -2.06. The van der Waals surface area contributed by atoms with E-state index in [0.29, 0.717) is 0 Å². The van der Waals surface area contributed by atoms with Crippen molar-refractivity contribution < 1.29 is 0 Å². The van der Waals surface area contributed by atoms with E-state index in [2.05, 4.69) is 44.7 Å². The fraction of sp³-hybridized carbons (Fsp3) is 0.154. The van der Waals surface area contributed by atoms with Crippen LogP contribution in [0.2, 0.25) is 0 Å². The molecule has 2 aromatic rings. The van der Waals surface area contributed by atoms with Crippen LogP contribution >= 0.6 is 27.7 Å². The maximum atomic E-state index is 4.62. The van der Waals surface area contributed by atoms with Crippen LogP contribution in [0, 0.1) is 0 Å². The SMILES string of the molecule is C=CCSc1nc2ccccc2n1CC(=C)Br. The summed E-state index contributed by atoms with van der Waals surface area (Å²) in [5.41, 5.74) is 2.16. The number of allylic oxidation sites excluding steroid dienone is 1. The summed E-state index contributed by atoms with van der Waals surface area (Å²) >= 11 is 5.10. The van der Waals surface area contributed by atoms with Crippen LogP contribution in [0.5, 0.6) is 0 Å². The standard InChI is InChI=1S/C13H13BrN2S/c1-3-8-17-13-15-11-6-4-5-7-12(11)16(13)9-10(2)14/h3-7H,1-2,8-9H2. The van der Waals surface area contributed by atoms with Crippen LogP contribution in [-0.2, 0) is 6.54 Å². The number of hydrogen-bond acceptors (Lipinski definition) is 2. The normalized spacial score (nSPS) is 10.6. The molecule has 1 aromatic heterocycles. The molecule has 0 bridgehead atoms. The van der Waals surface area contributed by atoms with Gasteiger partial charge in [0.05, 0.1) is 17.6 Å². The van der Waals surface area contributed by atoms with Crippen molar-refractivity contribution in [3.05, 3.63) is 48.0 Å². The van der Waals surface area contributed by atoms with Gasteiger partial charge < -0.3 is 4.57 Å². The number of imidazole rings is 1. The third-order valence-corrected chi connectivity index (χ3v) is 3.50. The fourth-order valence-electron chi connectivity index (χ4n) is 1.62. The first kappa shape index (κ1) is 12.5. The molecule has 2 nitrogen and oxygen atoms in total. The smallest absolute Gasteiger partial charge is 0.169 e. The molecule has 0 saturated carbocycles. The number of fused-ring (bicyclic) bond motifs is 1. The van der Waals surface area contributed by atoms with Crippen LogP contribution in [0.1, 0.15) is 0 Å². The molecule has 0 unspecified atom stereocenters. The van der Waals surface area contributed by atoms with Crippen molar-refractivity contribution in [3.8, 4) is 0 Å². The summed E-state index contributed by atoms with van der Waals surface area (Å²) in [6.07, 6.45) is 1.89. The zero-order valence-corrected chi connectivity index (χ0v) is 11.8. The first-order valence-corrected chi connectivity index (χ1v) is 7.02. The molecule has 0 radical (unpaired) electrons. The zero-order valence-electron chi connectivity index (χ0n) is 9.40. The highest BCUT2D eigenvalue weighted by molar-refractivity contribution is 9.11. The molecule has 4 heteroatoms. The van der Waals surface area contributed by atoms with Crippen LogP contribution in [0.25, 0.3) is 11.0 Å². The van der Waals surface area contributed by atoms with Gasteiger partial charge in [0.1, 0.15) is 0 Å². The van der Waals surface area contributed by atoms with Gasteiger partial charge in [-0.05, 0) is 12.1 Å². The van der Waals surface area contributed by atoms with Crippen LogP contribution < -0.4 is 0 Å². The molecule has 0 saturated heterocycles. The second-order valence-electron chi connectivity index (χ2n) is 3.59. The van der Waals surface area contributed by atoms with Gasteiger partial charge >= 0.3 is 0 Å². The van der Waals surface area contributed by atoms with Gasteiger partial charge in [0, 0.05) is 10.2 Å². The van der Waals surface area contributed by atoms with Crippen molar-refractivity contribution in [1.82, 2.24) is 9.55 Å². The largest absolute Gasteiger partial charge is 0.314 e. The van der Waals surface area contributed by atoms with Gasteiger partial charge in [-0.2, -0.15) is 0 Å². The number of thioether (sulfide) groups is 1. The third-order valence-electron chi connectivity index (χ3n) is 2.28. The Morgan fingerprint density at radius 2 is 2.24 bits per heavy atom. The summed E-state index contributed by atoms with van der Waals surface area (Å²) in [4.78, 5) is 4.62. The Kier molecular flexibility index (Phi) is 4.07. The highest BCUT2D eigenvalue weighted by Gasteiger charge is 2.10. The molecule has 1 aromatic carbocycles. The van der Waals surface area contributed by atoms with Crippen LogP contribution in [-0.4, -0.2) is 15.3 Å². The summed E-state index contributed by atoms with van der Waals surface area (Å²) in [7, 11) is 0. The van der Waals surface area contributed by atoms with Gasteiger partial charge in [0.15, 0.2) is 5.16 Å². The molecule has 0 spiro atoms. The Morgan fingerprint density at radius 3 is 2.94 bits per heavy atom. The van der Waals surface area contributed by atoms with Crippen LogP contribution in [0.4, 0.5) is 0 Å². The third kappa shape index (κ3) is 2.82. The summed E-state index contributed by atoms with van der Waals surface area (Å²) < 4.78 is 3.11. The van der Waals surface area contributed by atoms with E-state index in [9.17, 15) is 0 Å². The van der Waals surface area contributed by atoms with Crippen molar-refractivity contribution >= 4 is 38.7 Å². The Bertz CT molecular complexity index is 560. The monoisotopic (exact) mass is 308 g/mol. The Labute approximate surface area is 114 Å². The number of nitrogens with zero attached hydrogens (tertiary/aromatic N) is 2. The van der Waals surface area contributed by atoms with E-state index in [0.717, 1.165) is 33.0 Å². The van der Waals surface area contributed by atoms with E-state index < -0.39 is 0 Å².